The first-order valence-corrected chi connectivity index (χ1v) is 8.26. The highest BCUT2D eigenvalue weighted by Crippen LogP contribution is 2.29. The molecule has 0 amide bonds. The predicted octanol–water partition coefficient (Wildman–Crippen LogP) is 3.80. The van der Waals surface area contributed by atoms with Crippen molar-refractivity contribution >= 4 is 27.6 Å². The van der Waals surface area contributed by atoms with Crippen molar-refractivity contribution in [3.63, 3.8) is 0 Å². The fraction of sp³-hybridized carbons (Fsp3) is 0.538. The lowest BCUT2D eigenvalue weighted by atomic mass is 9.91. The van der Waals surface area contributed by atoms with Crippen LogP contribution in [0.1, 0.15) is 27.2 Å². The fourth-order valence-electron chi connectivity index (χ4n) is 1.01. The second-order valence-corrected chi connectivity index (χ2v) is 6.88. The van der Waals surface area contributed by atoms with Crippen LogP contribution in [-0.4, -0.2) is 23.3 Å². The van der Waals surface area contributed by atoms with Gasteiger partial charge in [-0.3, -0.25) is 4.79 Å². The third-order valence-corrected chi connectivity index (χ3v) is 4.85. The molecule has 5 heteroatoms. The van der Waals surface area contributed by atoms with Crippen molar-refractivity contribution in [2.45, 2.75) is 32.2 Å². The Morgan fingerprint density at radius 1 is 1.44 bits per heavy atom. The molecule has 0 N–H and O–H groups in total. The van der Waals surface area contributed by atoms with E-state index in [0.717, 1.165) is 17.2 Å². The minimum Gasteiger partial charge on any atom is -0.464 e. The highest BCUT2D eigenvalue weighted by molar-refractivity contribution is 8.76. The first-order valence-electron chi connectivity index (χ1n) is 5.94. The second kappa shape index (κ2) is 7.69. The van der Waals surface area contributed by atoms with Gasteiger partial charge in [-0.2, -0.15) is 0 Å². The molecular weight excluding hydrogens is 266 g/mol. The number of aromatic nitrogens is 1. The van der Waals surface area contributed by atoms with E-state index in [2.05, 4.69) is 4.98 Å². The van der Waals surface area contributed by atoms with E-state index >= 15 is 0 Å². The van der Waals surface area contributed by atoms with Crippen LogP contribution in [0.25, 0.3) is 0 Å². The van der Waals surface area contributed by atoms with Crippen molar-refractivity contribution in [1.82, 2.24) is 4.98 Å². The highest BCUT2D eigenvalue weighted by atomic mass is 33.1. The summed E-state index contributed by atoms with van der Waals surface area (Å²) in [5, 5.41) is 0.975. The molecular formula is C13H19NO2S2. The van der Waals surface area contributed by atoms with Gasteiger partial charge in [0.05, 0.1) is 5.41 Å². The van der Waals surface area contributed by atoms with E-state index in [4.69, 9.17) is 4.74 Å². The Labute approximate surface area is 116 Å². The van der Waals surface area contributed by atoms with Crippen molar-refractivity contribution in [2.75, 3.05) is 12.4 Å². The Balaban J connectivity index is 2.14. The molecule has 100 valence electrons. The molecule has 1 aromatic rings. The van der Waals surface area contributed by atoms with Gasteiger partial charge in [0.25, 0.3) is 0 Å². The number of hydrogen-bond donors (Lipinski definition) is 0. The topological polar surface area (TPSA) is 39.2 Å². The molecule has 0 saturated heterocycles. The van der Waals surface area contributed by atoms with Gasteiger partial charge in [-0.15, -0.1) is 0 Å². The number of carbonyl (C=O) groups excluding carboxylic acids is 1. The third kappa shape index (κ3) is 5.31. The number of carbonyl (C=O) groups is 1. The van der Waals surface area contributed by atoms with Gasteiger partial charge < -0.3 is 4.74 Å². The maximum absolute atomic E-state index is 11.7. The Morgan fingerprint density at radius 2 is 2.22 bits per heavy atom. The molecule has 0 radical (unpaired) electrons. The third-order valence-electron chi connectivity index (χ3n) is 2.62. The van der Waals surface area contributed by atoms with Crippen LogP contribution in [0, 0.1) is 5.41 Å². The normalized spacial score (nSPS) is 11.3. The van der Waals surface area contributed by atoms with Gasteiger partial charge in [-0.05, 0) is 43.2 Å². The fourth-order valence-corrected chi connectivity index (χ4v) is 2.71. The number of nitrogens with zero attached hydrogens (tertiary/aromatic N) is 1. The van der Waals surface area contributed by atoms with Gasteiger partial charge in [0.15, 0.2) is 0 Å². The SMILES string of the molecule is CCC(C)(C)C(=O)OCCSSc1ccccn1. The van der Waals surface area contributed by atoms with Gasteiger partial charge in [0.2, 0.25) is 0 Å². The van der Waals surface area contributed by atoms with E-state index in [1.807, 2.05) is 39.0 Å². The quantitative estimate of drug-likeness (QED) is 0.433. The summed E-state index contributed by atoms with van der Waals surface area (Å²) in [6.07, 6.45) is 2.56. The van der Waals surface area contributed by atoms with E-state index in [1.54, 1.807) is 27.8 Å². The molecule has 0 aliphatic heterocycles. The summed E-state index contributed by atoms with van der Waals surface area (Å²) in [6, 6.07) is 5.81. The van der Waals surface area contributed by atoms with Gasteiger partial charge in [0.1, 0.15) is 11.6 Å². The van der Waals surface area contributed by atoms with Crippen LogP contribution in [0.4, 0.5) is 0 Å². The largest absolute Gasteiger partial charge is 0.464 e. The predicted molar refractivity (Wildman–Crippen MR) is 77.6 cm³/mol. The molecule has 1 rings (SSSR count). The molecule has 0 saturated carbocycles. The summed E-state index contributed by atoms with van der Waals surface area (Å²) in [6.45, 7) is 6.26. The van der Waals surface area contributed by atoms with Gasteiger partial charge in [0, 0.05) is 11.9 Å². The zero-order valence-electron chi connectivity index (χ0n) is 11.0. The average molecular weight is 285 g/mol. The maximum atomic E-state index is 11.7. The van der Waals surface area contributed by atoms with Crippen molar-refractivity contribution in [3.05, 3.63) is 24.4 Å². The first kappa shape index (κ1) is 15.4. The molecule has 18 heavy (non-hydrogen) atoms. The minimum absolute atomic E-state index is 0.117. The molecule has 0 spiro atoms. The van der Waals surface area contributed by atoms with E-state index in [0.29, 0.717) is 6.61 Å². The summed E-state index contributed by atoms with van der Waals surface area (Å²) in [4.78, 5) is 15.9. The van der Waals surface area contributed by atoms with Crippen LogP contribution >= 0.6 is 21.6 Å². The number of ether oxygens (including phenoxy) is 1. The molecule has 1 aromatic heterocycles. The Bertz CT molecular complexity index is 369. The highest BCUT2D eigenvalue weighted by Gasteiger charge is 2.26. The standard InChI is InChI=1S/C13H19NO2S2/c1-4-13(2,3)12(15)16-9-10-17-18-11-7-5-6-8-14-11/h5-8H,4,9-10H2,1-3H3. The Morgan fingerprint density at radius 3 is 2.83 bits per heavy atom. The molecule has 0 atom stereocenters. The minimum atomic E-state index is -0.376. The van der Waals surface area contributed by atoms with Crippen LogP contribution in [0.3, 0.4) is 0 Å². The summed E-state index contributed by atoms with van der Waals surface area (Å²) < 4.78 is 5.24. The number of hydrogen-bond acceptors (Lipinski definition) is 5. The smallest absolute Gasteiger partial charge is 0.311 e. The Kier molecular flexibility index (Phi) is 6.57. The average Bonchev–Trinajstić information content (AvgIpc) is 2.39. The number of esters is 1. The lowest BCUT2D eigenvalue weighted by molar-refractivity contribution is -0.153. The van der Waals surface area contributed by atoms with Crippen molar-refractivity contribution < 1.29 is 9.53 Å². The van der Waals surface area contributed by atoms with Gasteiger partial charge in [-0.25, -0.2) is 4.98 Å². The Hall–Kier alpha value is -0.680. The van der Waals surface area contributed by atoms with Crippen molar-refractivity contribution in [2.24, 2.45) is 5.41 Å². The van der Waals surface area contributed by atoms with Crippen LogP contribution < -0.4 is 0 Å². The molecule has 1 heterocycles. The van der Waals surface area contributed by atoms with Gasteiger partial charge >= 0.3 is 5.97 Å². The molecule has 0 aliphatic rings. The van der Waals surface area contributed by atoms with Crippen LogP contribution in [-0.2, 0) is 9.53 Å². The van der Waals surface area contributed by atoms with E-state index < -0.39 is 0 Å². The van der Waals surface area contributed by atoms with E-state index in [-0.39, 0.29) is 11.4 Å². The van der Waals surface area contributed by atoms with Gasteiger partial charge in [-0.1, -0.05) is 23.8 Å². The molecule has 0 aliphatic carbocycles. The summed E-state index contributed by atoms with van der Waals surface area (Å²) in [5.41, 5.74) is -0.376. The lowest BCUT2D eigenvalue weighted by Gasteiger charge is -2.20. The van der Waals surface area contributed by atoms with Crippen LogP contribution in [0.5, 0.6) is 0 Å². The molecule has 3 nitrogen and oxygen atoms in total. The van der Waals surface area contributed by atoms with Crippen LogP contribution in [0.15, 0.2) is 29.4 Å². The second-order valence-electron chi connectivity index (χ2n) is 4.45. The number of rotatable bonds is 7. The first-order chi connectivity index (χ1) is 8.56. The number of pyridine rings is 1. The maximum Gasteiger partial charge on any atom is 0.311 e. The molecule has 0 aromatic carbocycles. The molecule has 0 bridgehead atoms. The van der Waals surface area contributed by atoms with E-state index in [9.17, 15) is 4.79 Å². The van der Waals surface area contributed by atoms with Crippen LogP contribution in [0.2, 0.25) is 0 Å². The summed E-state index contributed by atoms with van der Waals surface area (Å²) in [7, 11) is 3.24. The molecule has 0 fully saturated rings. The summed E-state index contributed by atoms with van der Waals surface area (Å²) >= 11 is 0. The summed E-state index contributed by atoms with van der Waals surface area (Å²) in [5.74, 6) is 0.653. The zero-order valence-corrected chi connectivity index (χ0v) is 12.6. The zero-order chi connectivity index (χ0) is 13.4. The lowest BCUT2D eigenvalue weighted by Crippen LogP contribution is -2.26. The van der Waals surface area contributed by atoms with Crippen molar-refractivity contribution in [1.29, 1.82) is 0 Å². The van der Waals surface area contributed by atoms with Crippen molar-refractivity contribution in [3.8, 4) is 0 Å². The molecule has 0 unspecified atom stereocenters. The van der Waals surface area contributed by atoms with E-state index in [1.165, 1.54) is 0 Å². The monoisotopic (exact) mass is 285 g/mol.